The summed E-state index contributed by atoms with van der Waals surface area (Å²) in [6, 6.07) is 10.1. The van der Waals surface area contributed by atoms with Crippen molar-refractivity contribution in [1.29, 1.82) is 0 Å². The average Bonchev–Trinajstić information content (AvgIpc) is 3.23. The molecule has 2 heterocycles. The van der Waals surface area contributed by atoms with Crippen molar-refractivity contribution in [2.75, 3.05) is 51.3 Å². The Balaban J connectivity index is 1.39. The summed E-state index contributed by atoms with van der Waals surface area (Å²) in [4.78, 5) is 26.1. The second kappa shape index (κ2) is 9.75. The quantitative estimate of drug-likeness (QED) is 0.726. The van der Waals surface area contributed by atoms with Crippen LogP contribution in [0, 0.1) is 0 Å². The Hall–Kier alpha value is -2.84. The van der Waals surface area contributed by atoms with Gasteiger partial charge in [0.05, 0.1) is 19.5 Å². The molecule has 1 aromatic carbocycles. The second-order valence-electron chi connectivity index (χ2n) is 6.05. The first-order chi connectivity index (χ1) is 13.2. The molecule has 144 valence electrons. The van der Waals surface area contributed by atoms with Crippen LogP contribution in [0.25, 0.3) is 0 Å². The molecule has 0 atom stereocenters. The van der Waals surface area contributed by atoms with Crippen LogP contribution in [0.2, 0.25) is 0 Å². The van der Waals surface area contributed by atoms with Gasteiger partial charge in [0.15, 0.2) is 12.4 Å². The summed E-state index contributed by atoms with van der Waals surface area (Å²) < 4.78 is 15.8. The van der Waals surface area contributed by atoms with Gasteiger partial charge in [0.1, 0.15) is 5.75 Å². The number of hydrogen-bond donors (Lipinski definition) is 2. The largest absolute Gasteiger partial charge is 0.484 e. The number of hydrogen-bond acceptors (Lipinski definition) is 6. The van der Waals surface area contributed by atoms with Gasteiger partial charge in [-0.15, -0.1) is 0 Å². The lowest BCUT2D eigenvalue weighted by Crippen LogP contribution is -2.42. The molecule has 0 aliphatic carbocycles. The topological polar surface area (TPSA) is 93.0 Å². The van der Waals surface area contributed by atoms with Crippen molar-refractivity contribution in [3.05, 3.63) is 48.4 Å². The monoisotopic (exact) mass is 373 g/mol. The van der Waals surface area contributed by atoms with Gasteiger partial charge in [0.2, 0.25) is 0 Å². The smallest absolute Gasteiger partial charge is 0.291 e. The van der Waals surface area contributed by atoms with Gasteiger partial charge in [0, 0.05) is 37.9 Å². The van der Waals surface area contributed by atoms with Crippen LogP contribution in [0.3, 0.4) is 0 Å². The molecule has 2 aromatic rings. The van der Waals surface area contributed by atoms with Crippen molar-refractivity contribution in [3.63, 3.8) is 0 Å². The van der Waals surface area contributed by atoms with Crippen molar-refractivity contribution < 1.29 is 23.5 Å². The molecule has 1 aliphatic heterocycles. The molecule has 27 heavy (non-hydrogen) atoms. The number of carbonyl (C=O) groups excluding carboxylic acids is 2. The summed E-state index contributed by atoms with van der Waals surface area (Å²) in [6.07, 6.45) is 1.44. The molecule has 1 aromatic heterocycles. The highest BCUT2D eigenvalue weighted by molar-refractivity contribution is 6.02. The van der Waals surface area contributed by atoms with E-state index in [9.17, 15) is 9.59 Å². The highest BCUT2D eigenvalue weighted by atomic mass is 16.5. The van der Waals surface area contributed by atoms with Crippen LogP contribution in [0.5, 0.6) is 5.75 Å². The Labute approximate surface area is 157 Å². The predicted octanol–water partition coefficient (Wildman–Crippen LogP) is 1.36. The summed E-state index contributed by atoms with van der Waals surface area (Å²) in [6.45, 7) is 4.54. The summed E-state index contributed by atoms with van der Waals surface area (Å²) in [5, 5.41) is 5.55. The molecule has 1 fully saturated rings. The average molecular weight is 373 g/mol. The fraction of sp³-hybridized carbons (Fsp3) is 0.368. The normalized spacial score (nSPS) is 14.5. The van der Waals surface area contributed by atoms with Crippen molar-refractivity contribution in [2.45, 2.75) is 0 Å². The molecule has 2 N–H and O–H groups in total. The molecule has 0 radical (unpaired) electrons. The van der Waals surface area contributed by atoms with E-state index in [1.165, 1.54) is 6.26 Å². The van der Waals surface area contributed by atoms with Gasteiger partial charge in [-0.1, -0.05) is 6.07 Å². The van der Waals surface area contributed by atoms with Gasteiger partial charge in [-0.2, -0.15) is 0 Å². The zero-order chi connectivity index (χ0) is 18.9. The summed E-state index contributed by atoms with van der Waals surface area (Å²) >= 11 is 0. The second-order valence-corrected chi connectivity index (χ2v) is 6.05. The third kappa shape index (κ3) is 6.12. The number of furan rings is 1. The van der Waals surface area contributed by atoms with E-state index in [4.69, 9.17) is 13.9 Å². The molecule has 1 saturated heterocycles. The summed E-state index contributed by atoms with van der Waals surface area (Å²) in [5.74, 6) is 0.183. The maximum absolute atomic E-state index is 12.0. The summed E-state index contributed by atoms with van der Waals surface area (Å²) in [5.41, 5.74) is 0.557. The zero-order valence-corrected chi connectivity index (χ0v) is 15.0. The minimum atomic E-state index is -0.349. The lowest BCUT2D eigenvalue weighted by atomic mass is 10.3. The highest BCUT2D eigenvalue weighted by Crippen LogP contribution is 2.18. The van der Waals surface area contributed by atoms with E-state index in [1.807, 2.05) is 0 Å². The number of anilines is 1. The molecule has 1 aliphatic rings. The number of benzene rings is 1. The molecule has 2 amide bonds. The first-order valence-electron chi connectivity index (χ1n) is 8.85. The zero-order valence-electron chi connectivity index (χ0n) is 15.0. The molecule has 0 spiro atoms. The standard InChI is InChI=1S/C19H23N3O5/c23-18(20-6-7-22-8-11-25-12-9-22)14-27-16-4-1-3-15(13-16)21-19(24)17-5-2-10-26-17/h1-5,10,13H,6-9,11-12,14H2,(H,20,23)(H,21,24). The Morgan fingerprint density at radius 1 is 1.15 bits per heavy atom. The van der Waals surface area contributed by atoms with Crippen LogP contribution in [0.4, 0.5) is 5.69 Å². The van der Waals surface area contributed by atoms with Crippen molar-refractivity contribution >= 4 is 17.5 Å². The van der Waals surface area contributed by atoms with Crippen LogP contribution in [0.15, 0.2) is 47.1 Å². The Morgan fingerprint density at radius 2 is 2.00 bits per heavy atom. The SMILES string of the molecule is O=C(COc1cccc(NC(=O)c2ccco2)c1)NCCN1CCOCC1. The van der Waals surface area contributed by atoms with Gasteiger partial charge < -0.3 is 24.5 Å². The lowest BCUT2D eigenvalue weighted by molar-refractivity contribution is -0.123. The van der Waals surface area contributed by atoms with Crippen molar-refractivity contribution in [2.24, 2.45) is 0 Å². The van der Waals surface area contributed by atoms with E-state index < -0.39 is 0 Å². The Bertz CT molecular complexity index is 742. The van der Waals surface area contributed by atoms with E-state index in [-0.39, 0.29) is 24.2 Å². The van der Waals surface area contributed by atoms with E-state index >= 15 is 0 Å². The number of morpholine rings is 1. The fourth-order valence-corrected chi connectivity index (χ4v) is 2.64. The number of rotatable bonds is 8. The predicted molar refractivity (Wildman–Crippen MR) is 98.9 cm³/mol. The number of amides is 2. The molecule has 8 nitrogen and oxygen atoms in total. The van der Waals surface area contributed by atoms with E-state index in [1.54, 1.807) is 36.4 Å². The van der Waals surface area contributed by atoms with Crippen LogP contribution in [0.1, 0.15) is 10.6 Å². The summed E-state index contributed by atoms with van der Waals surface area (Å²) in [7, 11) is 0. The van der Waals surface area contributed by atoms with Gasteiger partial charge >= 0.3 is 0 Å². The van der Waals surface area contributed by atoms with Crippen molar-refractivity contribution in [3.8, 4) is 5.75 Å². The molecule has 3 rings (SSSR count). The van der Waals surface area contributed by atoms with Crippen LogP contribution in [-0.2, 0) is 9.53 Å². The van der Waals surface area contributed by atoms with Gasteiger partial charge in [-0.3, -0.25) is 14.5 Å². The van der Waals surface area contributed by atoms with Gasteiger partial charge in [-0.25, -0.2) is 0 Å². The maximum Gasteiger partial charge on any atom is 0.291 e. The first kappa shape index (κ1) is 18.9. The van der Waals surface area contributed by atoms with Crippen molar-refractivity contribution in [1.82, 2.24) is 10.2 Å². The lowest BCUT2D eigenvalue weighted by Gasteiger charge is -2.26. The molecule has 8 heteroatoms. The molecular weight excluding hydrogens is 350 g/mol. The minimum Gasteiger partial charge on any atom is -0.484 e. The van der Waals surface area contributed by atoms with E-state index in [2.05, 4.69) is 15.5 Å². The van der Waals surface area contributed by atoms with Gasteiger partial charge in [-0.05, 0) is 24.3 Å². The molecule has 0 saturated carbocycles. The van der Waals surface area contributed by atoms with Crippen LogP contribution in [-0.4, -0.2) is 62.7 Å². The maximum atomic E-state index is 12.0. The third-order valence-electron chi connectivity index (χ3n) is 4.06. The van der Waals surface area contributed by atoms with Crippen LogP contribution >= 0.6 is 0 Å². The fourth-order valence-electron chi connectivity index (χ4n) is 2.64. The number of carbonyl (C=O) groups is 2. The third-order valence-corrected chi connectivity index (χ3v) is 4.06. The van der Waals surface area contributed by atoms with E-state index in [0.29, 0.717) is 18.0 Å². The van der Waals surface area contributed by atoms with E-state index in [0.717, 1.165) is 32.8 Å². The van der Waals surface area contributed by atoms with Gasteiger partial charge in [0.25, 0.3) is 11.8 Å². The number of ether oxygens (including phenoxy) is 2. The highest BCUT2D eigenvalue weighted by Gasteiger charge is 2.11. The molecule has 0 unspecified atom stereocenters. The number of nitrogens with one attached hydrogen (secondary N) is 2. The Morgan fingerprint density at radius 3 is 2.78 bits per heavy atom. The minimum absolute atomic E-state index is 0.0846. The number of nitrogens with zero attached hydrogens (tertiary/aromatic N) is 1. The molecular formula is C19H23N3O5. The molecule has 0 bridgehead atoms. The Kier molecular flexibility index (Phi) is 6.84. The first-order valence-corrected chi connectivity index (χ1v) is 8.85. The van der Waals surface area contributed by atoms with Crippen LogP contribution < -0.4 is 15.4 Å².